The molecule has 0 fully saturated rings. The van der Waals surface area contributed by atoms with E-state index in [4.69, 9.17) is 4.74 Å². The summed E-state index contributed by atoms with van der Waals surface area (Å²) in [6.45, 7) is 5.53. The molecular weight excluding hydrogens is 492 g/mol. The number of rotatable bonds is 8. The minimum atomic E-state index is -3.73. The molecule has 0 aromatic heterocycles. The summed E-state index contributed by atoms with van der Waals surface area (Å²) in [5.41, 5.74) is 3.43. The normalized spacial score (nSPS) is 12.1. The number of benzene rings is 3. The summed E-state index contributed by atoms with van der Waals surface area (Å²) < 4.78 is 34.4. The SMILES string of the molecule is Cc1cc(C)cc(NS(=O)(=O)c2ccc(OCC(=O)N[C@@H](C)c3cccc(Br)c3)cc2)c1. The molecule has 168 valence electrons. The first-order valence-corrected chi connectivity index (χ1v) is 12.3. The lowest BCUT2D eigenvalue weighted by molar-refractivity contribution is -0.123. The summed E-state index contributed by atoms with van der Waals surface area (Å²) in [7, 11) is -3.73. The lowest BCUT2D eigenvalue weighted by Gasteiger charge is -2.15. The standard InChI is InChI=1S/C24H25BrN2O4S/c1-16-11-17(2)13-21(12-16)27-32(29,30)23-9-7-22(8-10-23)31-15-24(28)26-18(3)19-5-4-6-20(25)14-19/h4-14,18,27H,15H2,1-3H3,(H,26,28)/t18-/m0/s1. The zero-order chi connectivity index (χ0) is 23.3. The first kappa shape index (κ1) is 23.8. The number of ether oxygens (including phenoxy) is 1. The molecule has 0 unspecified atom stereocenters. The van der Waals surface area contributed by atoms with Gasteiger partial charge in [-0.25, -0.2) is 8.42 Å². The molecule has 0 heterocycles. The maximum Gasteiger partial charge on any atom is 0.261 e. The minimum Gasteiger partial charge on any atom is -0.484 e. The Hall–Kier alpha value is -2.84. The van der Waals surface area contributed by atoms with Gasteiger partial charge in [-0.15, -0.1) is 0 Å². The molecule has 0 aliphatic rings. The Bertz CT molecular complexity index is 1190. The van der Waals surface area contributed by atoms with Crippen LogP contribution in [-0.4, -0.2) is 20.9 Å². The molecule has 1 amide bonds. The molecule has 2 N–H and O–H groups in total. The molecule has 8 heteroatoms. The first-order chi connectivity index (χ1) is 15.1. The van der Waals surface area contributed by atoms with E-state index in [1.54, 1.807) is 12.1 Å². The molecule has 0 aliphatic heterocycles. The lowest BCUT2D eigenvalue weighted by Crippen LogP contribution is -2.31. The van der Waals surface area contributed by atoms with E-state index in [1.165, 1.54) is 24.3 Å². The number of nitrogens with one attached hydrogen (secondary N) is 2. The number of carbonyl (C=O) groups is 1. The predicted molar refractivity (Wildman–Crippen MR) is 129 cm³/mol. The summed E-state index contributed by atoms with van der Waals surface area (Å²) in [6.07, 6.45) is 0. The van der Waals surface area contributed by atoms with E-state index < -0.39 is 10.0 Å². The van der Waals surface area contributed by atoms with E-state index in [1.807, 2.05) is 51.1 Å². The van der Waals surface area contributed by atoms with Crippen LogP contribution in [0.25, 0.3) is 0 Å². The Morgan fingerprint density at radius 2 is 1.66 bits per heavy atom. The van der Waals surface area contributed by atoms with E-state index in [9.17, 15) is 13.2 Å². The van der Waals surface area contributed by atoms with E-state index in [2.05, 4.69) is 26.0 Å². The van der Waals surface area contributed by atoms with Crippen LogP contribution < -0.4 is 14.8 Å². The third-order valence-corrected chi connectivity index (χ3v) is 6.59. The van der Waals surface area contributed by atoms with Gasteiger partial charge in [-0.2, -0.15) is 0 Å². The molecule has 3 aromatic carbocycles. The second-order valence-corrected chi connectivity index (χ2v) is 10.2. The van der Waals surface area contributed by atoms with Crippen molar-refractivity contribution in [2.24, 2.45) is 0 Å². The van der Waals surface area contributed by atoms with Crippen LogP contribution in [-0.2, 0) is 14.8 Å². The number of sulfonamides is 1. The molecule has 0 aliphatic carbocycles. The monoisotopic (exact) mass is 516 g/mol. The van der Waals surface area contributed by atoms with Crippen LogP contribution in [0.15, 0.2) is 76.1 Å². The van der Waals surface area contributed by atoms with Crippen molar-refractivity contribution in [3.8, 4) is 5.75 Å². The van der Waals surface area contributed by atoms with Crippen molar-refractivity contribution in [3.63, 3.8) is 0 Å². The van der Waals surface area contributed by atoms with Gasteiger partial charge < -0.3 is 10.1 Å². The van der Waals surface area contributed by atoms with Crippen molar-refractivity contribution in [1.82, 2.24) is 5.32 Å². The van der Waals surface area contributed by atoms with Gasteiger partial charge in [0.15, 0.2) is 6.61 Å². The Kier molecular flexibility index (Phi) is 7.58. The lowest BCUT2D eigenvalue weighted by atomic mass is 10.1. The maximum absolute atomic E-state index is 12.7. The second-order valence-electron chi connectivity index (χ2n) is 7.59. The fourth-order valence-electron chi connectivity index (χ4n) is 3.25. The summed E-state index contributed by atoms with van der Waals surface area (Å²) >= 11 is 3.42. The van der Waals surface area contributed by atoms with Crippen LogP contribution in [0, 0.1) is 13.8 Å². The fraction of sp³-hybridized carbons (Fsp3) is 0.208. The zero-order valence-electron chi connectivity index (χ0n) is 18.1. The Morgan fingerprint density at radius 1 is 1.00 bits per heavy atom. The smallest absolute Gasteiger partial charge is 0.261 e. The largest absolute Gasteiger partial charge is 0.484 e. The average Bonchev–Trinajstić information content (AvgIpc) is 2.71. The molecule has 6 nitrogen and oxygen atoms in total. The number of halogens is 1. The molecular formula is C24H25BrN2O4S. The molecule has 1 atom stereocenters. The van der Waals surface area contributed by atoms with Crippen molar-refractivity contribution >= 4 is 37.5 Å². The molecule has 0 saturated carbocycles. The third-order valence-electron chi connectivity index (χ3n) is 4.70. The number of amides is 1. The van der Waals surface area contributed by atoms with Gasteiger partial charge in [0.2, 0.25) is 0 Å². The summed E-state index contributed by atoms with van der Waals surface area (Å²) in [4.78, 5) is 12.3. The number of aryl methyl sites for hydroxylation is 2. The number of hydrogen-bond acceptors (Lipinski definition) is 4. The predicted octanol–water partition coefficient (Wildman–Crippen LogP) is 5.12. The molecule has 0 radical (unpaired) electrons. The maximum atomic E-state index is 12.7. The van der Waals surface area contributed by atoms with Crippen LogP contribution in [0.3, 0.4) is 0 Å². The van der Waals surface area contributed by atoms with Gasteiger partial charge in [-0.05, 0) is 86.0 Å². The van der Waals surface area contributed by atoms with Gasteiger partial charge in [0, 0.05) is 10.2 Å². The van der Waals surface area contributed by atoms with Crippen LogP contribution in [0.4, 0.5) is 5.69 Å². The van der Waals surface area contributed by atoms with Crippen LogP contribution in [0.2, 0.25) is 0 Å². The van der Waals surface area contributed by atoms with Gasteiger partial charge >= 0.3 is 0 Å². The highest BCUT2D eigenvalue weighted by molar-refractivity contribution is 9.10. The van der Waals surface area contributed by atoms with Crippen molar-refractivity contribution in [1.29, 1.82) is 0 Å². The Balaban J connectivity index is 1.57. The molecule has 32 heavy (non-hydrogen) atoms. The highest BCUT2D eigenvalue weighted by Gasteiger charge is 2.15. The average molecular weight is 517 g/mol. The summed E-state index contributed by atoms with van der Waals surface area (Å²) in [5.74, 6) is 0.131. The topological polar surface area (TPSA) is 84.5 Å². The van der Waals surface area contributed by atoms with E-state index in [0.29, 0.717) is 11.4 Å². The van der Waals surface area contributed by atoms with Crippen LogP contribution in [0.1, 0.15) is 29.7 Å². The summed E-state index contributed by atoms with van der Waals surface area (Å²) in [5, 5.41) is 2.87. The number of hydrogen-bond donors (Lipinski definition) is 2. The van der Waals surface area contributed by atoms with E-state index in [-0.39, 0.29) is 23.5 Å². The second kappa shape index (κ2) is 10.2. The van der Waals surface area contributed by atoms with Gasteiger partial charge in [0.25, 0.3) is 15.9 Å². The fourth-order valence-corrected chi connectivity index (χ4v) is 4.71. The van der Waals surface area contributed by atoms with Crippen LogP contribution >= 0.6 is 15.9 Å². The molecule has 0 saturated heterocycles. The molecule has 3 rings (SSSR count). The molecule has 3 aromatic rings. The number of carbonyl (C=O) groups excluding carboxylic acids is 1. The Labute approximate surface area is 197 Å². The quantitative estimate of drug-likeness (QED) is 0.434. The highest BCUT2D eigenvalue weighted by Crippen LogP contribution is 2.21. The van der Waals surface area contributed by atoms with Crippen molar-refractivity contribution in [2.75, 3.05) is 11.3 Å². The van der Waals surface area contributed by atoms with Crippen molar-refractivity contribution < 1.29 is 17.9 Å². The summed E-state index contributed by atoms with van der Waals surface area (Å²) in [6, 6.07) is 19.0. The molecule has 0 bridgehead atoms. The van der Waals surface area contributed by atoms with Crippen molar-refractivity contribution in [2.45, 2.75) is 31.7 Å². The third kappa shape index (κ3) is 6.58. The highest BCUT2D eigenvalue weighted by atomic mass is 79.9. The van der Waals surface area contributed by atoms with Gasteiger partial charge in [-0.1, -0.05) is 34.1 Å². The van der Waals surface area contributed by atoms with Crippen LogP contribution in [0.5, 0.6) is 5.75 Å². The zero-order valence-corrected chi connectivity index (χ0v) is 20.5. The van der Waals surface area contributed by atoms with Gasteiger partial charge in [-0.3, -0.25) is 9.52 Å². The minimum absolute atomic E-state index is 0.108. The van der Waals surface area contributed by atoms with Crippen molar-refractivity contribution in [3.05, 3.63) is 87.9 Å². The van der Waals surface area contributed by atoms with Gasteiger partial charge in [0.05, 0.1) is 10.9 Å². The van der Waals surface area contributed by atoms with E-state index >= 15 is 0 Å². The van der Waals surface area contributed by atoms with E-state index in [0.717, 1.165) is 21.2 Å². The molecule has 0 spiro atoms. The first-order valence-electron chi connectivity index (χ1n) is 10.0. The Morgan fingerprint density at radius 3 is 2.28 bits per heavy atom. The number of anilines is 1. The van der Waals surface area contributed by atoms with Gasteiger partial charge in [0.1, 0.15) is 5.75 Å².